The van der Waals surface area contributed by atoms with Gasteiger partial charge in [-0.1, -0.05) is 37.6 Å². The number of hydrogen-bond donors (Lipinski definition) is 1. The van der Waals surface area contributed by atoms with Crippen LogP contribution in [0.4, 0.5) is 0 Å². The van der Waals surface area contributed by atoms with E-state index in [2.05, 4.69) is 26.0 Å². The first-order chi connectivity index (χ1) is 7.13. The molecule has 1 nitrogen and oxygen atoms in total. The van der Waals surface area contributed by atoms with Crippen molar-refractivity contribution in [3.63, 3.8) is 0 Å². The Morgan fingerprint density at radius 3 is 2.67 bits per heavy atom. The lowest BCUT2D eigenvalue weighted by Crippen LogP contribution is -1.97. The van der Waals surface area contributed by atoms with E-state index in [-0.39, 0.29) is 0 Å². The molecule has 0 unspecified atom stereocenters. The molecule has 3 heteroatoms. The van der Waals surface area contributed by atoms with Crippen LogP contribution in [0.25, 0.3) is 0 Å². The summed E-state index contributed by atoms with van der Waals surface area (Å²) in [5, 5.41) is 0.842. The van der Waals surface area contributed by atoms with Gasteiger partial charge >= 0.3 is 0 Å². The molecule has 0 heterocycles. The highest BCUT2D eigenvalue weighted by molar-refractivity contribution is 7.98. The highest BCUT2D eigenvalue weighted by Gasteiger charge is 2.02. The van der Waals surface area contributed by atoms with Gasteiger partial charge in [0.05, 0.1) is 0 Å². The van der Waals surface area contributed by atoms with Crippen molar-refractivity contribution in [2.45, 2.75) is 26.1 Å². The van der Waals surface area contributed by atoms with Gasteiger partial charge < -0.3 is 5.73 Å². The number of hydrogen-bond acceptors (Lipinski definition) is 2. The van der Waals surface area contributed by atoms with E-state index >= 15 is 0 Å². The minimum atomic E-state index is 0.555. The lowest BCUT2D eigenvalue weighted by molar-refractivity contribution is 0.750. The van der Waals surface area contributed by atoms with Crippen LogP contribution >= 0.6 is 23.4 Å². The van der Waals surface area contributed by atoms with Crippen molar-refractivity contribution in [2.75, 3.05) is 5.75 Å². The number of halogens is 1. The minimum absolute atomic E-state index is 0.555. The molecule has 0 atom stereocenters. The number of benzene rings is 1. The zero-order valence-electron chi connectivity index (χ0n) is 9.29. The van der Waals surface area contributed by atoms with Gasteiger partial charge in [0.1, 0.15) is 0 Å². The molecular formula is C12H18ClNS. The van der Waals surface area contributed by atoms with Crippen molar-refractivity contribution in [1.82, 2.24) is 0 Å². The summed E-state index contributed by atoms with van der Waals surface area (Å²) in [6.45, 7) is 5.01. The number of nitrogens with two attached hydrogens (primary N) is 1. The summed E-state index contributed by atoms with van der Waals surface area (Å²) in [4.78, 5) is 0. The monoisotopic (exact) mass is 243 g/mol. The van der Waals surface area contributed by atoms with Crippen LogP contribution in [0, 0.1) is 5.92 Å². The summed E-state index contributed by atoms with van der Waals surface area (Å²) >= 11 is 8.08. The van der Waals surface area contributed by atoms with E-state index < -0.39 is 0 Å². The fraction of sp³-hybridized carbons (Fsp3) is 0.500. The standard InChI is InChI=1S/C12H18ClNS/c1-9(2)7-15-8-11-4-3-10(6-14)5-12(11)13/h3-5,9H,6-8,14H2,1-2H3. The Morgan fingerprint density at radius 1 is 1.40 bits per heavy atom. The van der Waals surface area contributed by atoms with Crippen molar-refractivity contribution in [3.8, 4) is 0 Å². The lowest BCUT2D eigenvalue weighted by Gasteiger charge is -2.07. The average molecular weight is 244 g/mol. The second-order valence-electron chi connectivity index (χ2n) is 4.04. The molecule has 0 saturated carbocycles. The summed E-state index contributed by atoms with van der Waals surface area (Å²) in [7, 11) is 0. The van der Waals surface area contributed by atoms with Crippen LogP contribution in [0.15, 0.2) is 18.2 Å². The maximum Gasteiger partial charge on any atom is 0.0449 e. The summed E-state index contributed by atoms with van der Waals surface area (Å²) in [6.07, 6.45) is 0. The molecule has 84 valence electrons. The molecular weight excluding hydrogens is 226 g/mol. The van der Waals surface area contributed by atoms with E-state index in [0.29, 0.717) is 6.54 Å². The molecule has 0 aromatic heterocycles. The first-order valence-electron chi connectivity index (χ1n) is 5.18. The Balaban J connectivity index is 2.54. The number of thioether (sulfide) groups is 1. The van der Waals surface area contributed by atoms with Gasteiger partial charge in [0.15, 0.2) is 0 Å². The third-order valence-corrected chi connectivity index (χ3v) is 3.83. The average Bonchev–Trinajstić information content (AvgIpc) is 2.20. The van der Waals surface area contributed by atoms with E-state index in [9.17, 15) is 0 Å². The Morgan fingerprint density at radius 2 is 2.13 bits per heavy atom. The Labute approximate surface area is 101 Å². The molecule has 15 heavy (non-hydrogen) atoms. The zero-order chi connectivity index (χ0) is 11.3. The van der Waals surface area contributed by atoms with Crippen LogP contribution < -0.4 is 5.73 Å². The van der Waals surface area contributed by atoms with Gasteiger partial charge in [0.25, 0.3) is 0 Å². The SMILES string of the molecule is CC(C)CSCc1ccc(CN)cc1Cl. The van der Waals surface area contributed by atoms with Crippen LogP contribution in [0.3, 0.4) is 0 Å². The molecule has 0 fully saturated rings. The topological polar surface area (TPSA) is 26.0 Å². The van der Waals surface area contributed by atoms with Crippen LogP contribution in [0.5, 0.6) is 0 Å². The molecule has 0 aliphatic heterocycles. The minimum Gasteiger partial charge on any atom is -0.326 e. The maximum absolute atomic E-state index is 6.15. The highest BCUT2D eigenvalue weighted by Crippen LogP contribution is 2.23. The molecule has 1 aromatic carbocycles. The fourth-order valence-electron chi connectivity index (χ4n) is 1.24. The van der Waals surface area contributed by atoms with Crippen molar-refractivity contribution in [1.29, 1.82) is 0 Å². The molecule has 0 spiro atoms. The van der Waals surface area contributed by atoms with Gasteiger partial charge in [-0.2, -0.15) is 11.8 Å². The molecule has 0 aliphatic carbocycles. The van der Waals surface area contributed by atoms with Crippen LogP contribution in [-0.4, -0.2) is 5.75 Å². The predicted octanol–water partition coefficient (Wildman–Crippen LogP) is 3.69. The fourth-order valence-corrected chi connectivity index (χ4v) is 2.65. The summed E-state index contributed by atoms with van der Waals surface area (Å²) < 4.78 is 0. The quantitative estimate of drug-likeness (QED) is 0.854. The van der Waals surface area contributed by atoms with E-state index in [1.807, 2.05) is 17.8 Å². The largest absolute Gasteiger partial charge is 0.326 e. The van der Waals surface area contributed by atoms with Crippen molar-refractivity contribution in [3.05, 3.63) is 34.3 Å². The van der Waals surface area contributed by atoms with E-state index in [4.69, 9.17) is 17.3 Å². The highest BCUT2D eigenvalue weighted by atomic mass is 35.5. The van der Waals surface area contributed by atoms with E-state index in [0.717, 1.165) is 22.3 Å². The summed E-state index contributed by atoms with van der Waals surface area (Å²) in [5.41, 5.74) is 7.85. The third-order valence-electron chi connectivity index (χ3n) is 2.06. The van der Waals surface area contributed by atoms with Gasteiger partial charge in [0.2, 0.25) is 0 Å². The van der Waals surface area contributed by atoms with E-state index in [1.54, 1.807) is 0 Å². The Bertz CT molecular complexity index is 312. The summed E-state index contributed by atoms with van der Waals surface area (Å²) in [5.74, 6) is 2.90. The van der Waals surface area contributed by atoms with Crippen molar-refractivity contribution in [2.24, 2.45) is 11.7 Å². The van der Waals surface area contributed by atoms with Gasteiger partial charge in [-0.05, 0) is 28.9 Å². The van der Waals surface area contributed by atoms with Crippen LogP contribution in [0.2, 0.25) is 5.02 Å². The first-order valence-corrected chi connectivity index (χ1v) is 6.72. The third kappa shape index (κ3) is 4.45. The van der Waals surface area contributed by atoms with Gasteiger partial charge in [-0.15, -0.1) is 0 Å². The normalized spacial score (nSPS) is 11.0. The van der Waals surface area contributed by atoms with Crippen molar-refractivity contribution >= 4 is 23.4 Å². The zero-order valence-corrected chi connectivity index (χ0v) is 10.9. The summed E-state index contributed by atoms with van der Waals surface area (Å²) in [6, 6.07) is 6.10. The van der Waals surface area contributed by atoms with Crippen LogP contribution in [0.1, 0.15) is 25.0 Å². The first kappa shape index (κ1) is 12.9. The second-order valence-corrected chi connectivity index (χ2v) is 5.48. The van der Waals surface area contributed by atoms with Crippen molar-refractivity contribution < 1.29 is 0 Å². The van der Waals surface area contributed by atoms with E-state index in [1.165, 1.54) is 11.3 Å². The number of rotatable bonds is 5. The molecule has 0 bridgehead atoms. The molecule has 2 N–H and O–H groups in total. The van der Waals surface area contributed by atoms with Gasteiger partial charge in [0, 0.05) is 17.3 Å². The predicted molar refractivity (Wildman–Crippen MR) is 70.3 cm³/mol. The molecule has 0 amide bonds. The second kappa shape index (κ2) is 6.41. The van der Waals surface area contributed by atoms with Gasteiger partial charge in [-0.25, -0.2) is 0 Å². The maximum atomic E-state index is 6.15. The Kier molecular flexibility index (Phi) is 5.51. The Hall–Kier alpha value is -0.180. The molecule has 0 saturated heterocycles. The van der Waals surface area contributed by atoms with Gasteiger partial charge in [-0.3, -0.25) is 0 Å². The lowest BCUT2D eigenvalue weighted by atomic mass is 10.1. The molecule has 0 aliphatic rings. The van der Waals surface area contributed by atoms with Crippen LogP contribution in [-0.2, 0) is 12.3 Å². The smallest absolute Gasteiger partial charge is 0.0449 e. The molecule has 1 aromatic rings. The molecule has 0 radical (unpaired) electrons. The molecule has 1 rings (SSSR count).